The van der Waals surface area contributed by atoms with Crippen molar-refractivity contribution in [3.8, 4) is 67.0 Å². The largest absolute Gasteiger partial charge is 0.309 e. The fraction of sp³-hybridized carbons (Fsp3) is 0. The molecule has 11 aromatic carbocycles. The summed E-state index contributed by atoms with van der Waals surface area (Å²) >= 11 is 0. The average Bonchev–Trinajstić information content (AvgIpc) is 4.01. The number of benzene rings is 11. The Morgan fingerprint density at radius 1 is 0.234 bits per heavy atom. The van der Waals surface area contributed by atoms with E-state index >= 15 is 0 Å². The van der Waals surface area contributed by atoms with Crippen LogP contribution in [0.2, 0.25) is 0 Å². The second kappa shape index (κ2) is 13.5. The molecule has 2 heterocycles. The number of para-hydroxylation sites is 2. The van der Waals surface area contributed by atoms with Crippen molar-refractivity contribution in [1.29, 1.82) is 0 Å². The molecule has 0 saturated carbocycles. The Morgan fingerprint density at radius 3 is 1.61 bits per heavy atom. The number of aromatic nitrogens is 2. The molecule has 1 aliphatic carbocycles. The van der Waals surface area contributed by atoms with Crippen LogP contribution < -0.4 is 0 Å². The first-order chi connectivity index (χ1) is 31.7. The van der Waals surface area contributed by atoms with Crippen LogP contribution in [0.3, 0.4) is 0 Å². The molecule has 296 valence electrons. The number of hydrogen-bond acceptors (Lipinski definition) is 0. The zero-order chi connectivity index (χ0) is 41.9. The molecule has 2 heteroatoms. The number of hydrogen-bond donors (Lipinski definition) is 0. The maximum Gasteiger partial charge on any atom is 0.0619 e. The molecule has 2 aromatic heterocycles. The Balaban J connectivity index is 0.846. The SMILES string of the molecule is c1ccc(-n2c3ccc(-c4ccc5c6ccccc6n(-c6ccc(-c7ccc(-c8ccc9c%10c(cccc8%10)-c8ccccc8-9)cc7)cc6)c5c4)cc3c3ccc4ccccc4c32)cc1. The fourth-order valence-electron chi connectivity index (χ4n) is 10.9. The van der Waals surface area contributed by atoms with E-state index in [9.17, 15) is 0 Å². The van der Waals surface area contributed by atoms with Crippen LogP contribution in [0, 0.1) is 0 Å². The molecule has 64 heavy (non-hydrogen) atoms. The minimum Gasteiger partial charge on any atom is -0.309 e. The Bertz CT molecular complexity index is 4010. The quantitative estimate of drug-likeness (QED) is 0.164. The van der Waals surface area contributed by atoms with Crippen molar-refractivity contribution in [1.82, 2.24) is 9.13 Å². The van der Waals surface area contributed by atoms with Crippen molar-refractivity contribution in [2.75, 3.05) is 0 Å². The molecule has 0 fully saturated rings. The molecular formula is C62H38N2. The molecule has 1 aliphatic rings. The average molecular weight is 811 g/mol. The van der Waals surface area contributed by atoms with Gasteiger partial charge in [0.2, 0.25) is 0 Å². The first-order valence-corrected chi connectivity index (χ1v) is 22.2. The van der Waals surface area contributed by atoms with E-state index < -0.39 is 0 Å². The molecule has 0 bridgehead atoms. The molecule has 2 nitrogen and oxygen atoms in total. The number of fused-ring (bicyclic) bond motifs is 11. The summed E-state index contributed by atoms with van der Waals surface area (Å²) in [5.74, 6) is 0. The molecule has 0 N–H and O–H groups in total. The highest BCUT2D eigenvalue weighted by atomic mass is 15.0. The van der Waals surface area contributed by atoms with Crippen molar-refractivity contribution in [3.63, 3.8) is 0 Å². The van der Waals surface area contributed by atoms with Crippen LogP contribution in [0.15, 0.2) is 231 Å². The topological polar surface area (TPSA) is 9.86 Å². The first-order valence-electron chi connectivity index (χ1n) is 22.2. The lowest BCUT2D eigenvalue weighted by atomic mass is 9.93. The van der Waals surface area contributed by atoms with Gasteiger partial charge in [0.15, 0.2) is 0 Å². The molecule has 14 rings (SSSR count). The normalized spacial score (nSPS) is 12.1. The van der Waals surface area contributed by atoms with Crippen LogP contribution >= 0.6 is 0 Å². The van der Waals surface area contributed by atoms with Gasteiger partial charge in [0.1, 0.15) is 0 Å². The van der Waals surface area contributed by atoms with Gasteiger partial charge in [-0.05, 0) is 120 Å². The molecule has 0 unspecified atom stereocenters. The standard InChI is InChI=1S/C62H38N2/c1-2-12-45(13-3-1)64-59-36-29-43(37-57(59)56-33-27-41-11-4-5-14-48(41)62(56)64)44-28-32-52-51-17-8-9-20-58(51)63(60(52)38-44)46-30-25-40(26-31-46)39-21-23-42(24-22-39)47-34-35-55-50-16-7-6-15-49(50)54-19-10-18-53(47)61(54)55/h1-38H. The first kappa shape index (κ1) is 35.2. The molecule has 0 atom stereocenters. The Labute approximate surface area is 370 Å². The van der Waals surface area contributed by atoms with Gasteiger partial charge in [-0.2, -0.15) is 0 Å². The van der Waals surface area contributed by atoms with Gasteiger partial charge in [0.05, 0.1) is 22.1 Å². The summed E-state index contributed by atoms with van der Waals surface area (Å²) in [4.78, 5) is 0. The van der Waals surface area contributed by atoms with E-state index in [1.54, 1.807) is 0 Å². The smallest absolute Gasteiger partial charge is 0.0619 e. The lowest BCUT2D eigenvalue weighted by Gasteiger charge is -2.12. The van der Waals surface area contributed by atoms with E-state index in [4.69, 9.17) is 0 Å². The summed E-state index contributed by atoms with van der Waals surface area (Å²) in [5, 5.41) is 10.2. The van der Waals surface area contributed by atoms with Crippen LogP contribution in [0.25, 0.3) is 132 Å². The van der Waals surface area contributed by atoms with E-state index in [1.165, 1.54) is 126 Å². The summed E-state index contributed by atoms with van der Waals surface area (Å²) in [6.07, 6.45) is 0. The Kier molecular flexibility index (Phi) is 7.43. The molecule has 0 amide bonds. The number of rotatable bonds is 5. The van der Waals surface area contributed by atoms with Gasteiger partial charge in [-0.1, -0.05) is 182 Å². The third-order valence-electron chi connectivity index (χ3n) is 13.9. The second-order valence-corrected chi connectivity index (χ2v) is 17.2. The minimum absolute atomic E-state index is 1.14. The lowest BCUT2D eigenvalue weighted by Crippen LogP contribution is -1.94. The van der Waals surface area contributed by atoms with Crippen molar-refractivity contribution < 1.29 is 0 Å². The van der Waals surface area contributed by atoms with Crippen LogP contribution in [0.1, 0.15) is 0 Å². The van der Waals surface area contributed by atoms with Gasteiger partial charge in [-0.25, -0.2) is 0 Å². The highest BCUT2D eigenvalue weighted by Crippen LogP contribution is 2.49. The summed E-state index contributed by atoms with van der Waals surface area (Å²) in [6.45, 7) is 0. The minimum atomic E-state index is 1.14. The van der Waals surface area contributed by atoms with E-state index in [2.05, 4.69) is 240 Å². The van der Waals surface area contributed by atoms with Gasteiger partial charge < -0.3 is 9.13 Å². The zero-order valence-corrected chi connectivity index (χ0v) is 34.8. The molecular weight excluding hydrogens is 773 g/mol. The van der Waals surface area contributed by atoms with Crippen molar-refractivity contribution in [2.24, 2.45) is 0 Å². The second-order valence-electron chi connectivity index (χ2n) is 17.2. The molecule has 0 aliphatic heterocycles. The summed E-state index contributed by atoms with van der Waals surface area (Å²) in [7, 11) is 0. The predicted octanol–water partition coefficient (Wildman–Crippen LogP) is 16.8. The van der Waals surface area contributed by atoms with Crippen LogP contribution in [-0.2, 0) is 0 Å². The number of nitrogens with zero attached hydrogens (tertiary/aromatic N) is 2. The van der Waals surface area contributed by atoms with Crippen molar-refractivity contribution >= 4 is 65.2 Å². The predicted molar refractivity (Wildman–Crippen MR) is 271 cm³/mol. The third kappa shape index (κ3) is 5.08. The highest BCUT2D eigenvalue weighted by Gasteiger charge is 2.23. The maximum absolute atomic E-state index is 2.43. The molecule has 0 spiro atoms. The van der Waals surface area contributed by atoms with Gasteiger partial charge in [-0.15, -0.1) is 0 Å². The van der Waals surface area contributed by atoms with Crippen LogP contribution in [-0.4, -0.2) is 9.13 Å². The third-order valence-corrected chi connectivity index (χ3v) is 13.9. The Hall–Kier alpha value is -8.46. The molecule has 0 saturated heterocycles. The Morgan fingerprint density at radius 2 is 0.781 bits per heavy atom. The molecule has 13 aromatic rings. The van der Waals surface area contributed by atoms with Crippen LogP contribution in [0.4, 0.5) is 0 Å². The highest BCUT2D eigenvalue weighted by molar-refractivity contribution is 6.20. The van der Waals surface area contributed by atoms with Gasteiger partial charge in [-0.3, -0.25) is 0 Å². The van der Waals surface area contributed by atoms with Crippen molar-refractivity contribution in [3.05, 3.63) is 231 Å². The monoisotopic (exact) mass is 810 g/mol. The van der Waals surface area contributed by atoms with Gasteiger partial charge in [0, 0.05) is 38.3 Å². The van der Waals surface area contributed by atoms with Gasteiger partial charge in [0.25, 0.3) is 0 Å². The lowest BCUT2D eigenvalue weighted by molar-refractivity contribution is 1.18. The fourth-order valence-corrected chi connectivity index (χ4v) is 10.9. The van der Waals surface area contributed by atoms with Crippen molar-refractivity contribution in [2.45, 2.75) is 0 Å². The molecule has 0 radical (unpaired) electrons. The zero-order valence-electron chi connectivity index (χ0n) is 34.8. The summed E-state index contributed by atoms with van der Waals surface area (Å²) < 4.78 is 4.87. The summed E-state index contributed by atoms with van der Waals surface area (Å²) in [6, 6.07) is 85.2. The van der Waals surface area contributed by atoms with E-state index in [-0.39, 0.29) is 0 Å². The van der Waals surface area contributed by atoms with E-state index in [0.717, 1.165) is 5.69 Å². The van der Waals surface area contributed by atoms with Crippen LogP contribution in [0.5, 0.6) is 0 Å². The maximum atomic E-state index is 2.43. The van der Waals surface area contributed by atoms with E-state index in [1.807, 2.05) is 0 Å². The van der Waals surface area contributed by atoms with Gasteiger partial charge >= 0.3 is 0 Å². The van der Waals surface area contributed by atoms with E-state index in [0.29, 0.717) is 0 Å². The summed E-state index contributed by atoms with van der Waals surface area (Å²) in [5.41, 5.74) is 19.8.